The molecule has 0 unspecified atom stereocenters. The van der Waals surface area contributed by atoms with Crippen LogP contribution in [0.1, 0.15) is 31.9 Å². The Kier molecular flexibility index (Phi) is 8.02. The van der Waals surface area contributed by atoms with Gasteiger partial charge in [-0.1, -0.05) is 55.5 Å². The van der Waals surface area contributed by atoms with Crippen molar-refractivity contribution < 1.29 is 23.9 Å². The average molecular weight is 384 g/mol. The van der Waals surface area contributed by atoms with E-state index in [9.17, 15) is 14.4 Å². The number of urea groups is 1. The molecule has 2 aromatic rings. The number of carbonyl (C=O) groups excluding carboxylic acids is 3. The minimum Gasteiger partial charge on any atom is -0.479 e. The third-order valence-corrected chi connectivity index (χ3v) is 3.80. The third-order valence-electron chi connectivity index (χ3n) is 3.80. The SMILES string of the molecule is CCNC(=O)NC(=O)[C@@H](OC(=O)[C@H](CC)Oc1ccccc1)c1ccccc1. The number of para-hydroxylation sites is 1. The van der Waals surface area contributed by atoms with Crippen molar-refractivity contribution >= 4 is 17.9 Å². The second-order valence-corrected chi connectivity index (χ2v) is 5.90. The van der Waals surface area contributed by atoms with Crippen molar-refractivity contribution in [3.8, 4) is 5.75 Å². The molecule has 0 heterocycles. The number of benzene rings is 2. The quantitative estimate of drug-likeness (QED) is 0.683. The molecule has 0 radical (unpaired) electrons. The van der Waals surface area contributed by atoms with Gasteiger partial charge < -0.3 is 14.8 Å². The molecule has 2 aromatic carbocycles. The predicted molar refractivity (Wildman–Crippen MR) is 104 cm³/mol. The number of nitrogens with one attached hydrogen (secondary N) is 2. The topological polar surface area (TPSA) is 93.7 Å². The molecule has 2 atom stereocenters. The lowest BCUT2D eigenvalue weighted by Crippen LogP contribution is -2.43. The van der Waals surface area contributed by atoms with Crippen molar-refractivity contribution in [3.63, 3.8) is 0 Å². The van der Waals surface area contributed by atoms with Crippen molar-refractivity contribution in [2.75, 3.05) is 6.54 Å². The molecule has 0 saturated carbocycles. The maximum atomic E-state index is 12.7. The van der Waals surface area contributed by atoms with Crippen LogP contribution >= 0.6 is 0 Å². The van der Waals surface area contributed by atoms with Crippen LogP contribution in [0.4, 0.5) is 4.79 Å². The Morgan fingerprint density at radius 2 is 1.54 bits per heavy atom. The number of carbonyl (C=O) groups is 3. The minimum atomic E-state index is -1.27. The second kappa shape index (κ2) is 10.7. The van der Waals surface area contributed by atoms with Crippen molar-refractivity contribution in [2.24, 2.45) is 0 Å². The summed E-state index contributed by atoms with van der Waals surface area (Å²) in [5.41, 5.74) is 0.451. The Hall–Kier alpha value is -3.35. The lowest BCUT2D eigenvalue weighted by atomic mass is 10.1. The summed E-state index contributed by atoms with van der Waals surface area (Å²) in [6.45, 7) is 3.87. The molecule has 0 saturated heterocycles. The molecule has 0 aliphatic heterocycles. The van der Waals surface area contributed by atoms with E-state index in [-0.39, 0.29) is 0 Å². The number of hydrogen-bond acceptors (Lipinski definition) is 5. The van der Waals surface area contributed by atoms with Crippen molar-refractivity contribution in [2.45, 2.75) is 32.5 Å². The van der Waals surface area contributed by atoms with Crippen molar-refractivity contribution in [1.29, 1.82) is 0 Å². The molecule has 3 amide bonds. The van der Waals surface area contributed by atoms with Crippen LogP contribution in [-0.2, 0) is 14.3 Å². The van der Waals surface area contributed by atoms with Crippen LogP contribution in [0.5, 0.6) is 5.75 Å². The molecule has 0 fully saturated rings. The molecular weight excluding hydrogens is 360 g/mol. The molecule has 0 aliphatic rings. The zero-order valence-corrected chi connectivity index (χ0v) is 15.9. The molecule has 28 heavy (non-hydrogen) atoms. The molecule has 7 nitrogen and oxygen atoms in total. The van der Waals surface area contributed by atoms with E-state index in [0.717, 1.165) is 0 Å². The van der Waals surface area contributed by atoms with Crippen LogP contribution in [0.15, 0.2) is 60.7 Å². The molecule has 0 bridgehead atoms. The average Bonchev–Trinajstić information content (AvgIpc) is 2.71. The van der Waals surface area contributed by atoms with Crippen molar-refractivity contribution in [3.05, 3.63) is 66.2 Å². The Balaban J connectivity index is 2.15. The van der Waals surface area contributed by atoms with Gasteiger partial charge in [0.2, 0.25) is 6.10 Å². The summed E-state index contributed by atoms with van der Waals surface area (Å²) in [6, 6.07) is 16.7. The molecule has 0 aliphatic carbocycles. The highest BCUT2D eigenvalue weighted by molar-refractivity contribution is 5.97. The molecule has 0 aromatic heterocycles. The van der Waals surface area contributed by atoms with Gasteiger partial charge in [-0.3, -0.25) is 10.1 Å². The Morgan fingerprint density at radius 3 is 2.11 bits per heavy atom. The van der Waals surface area contributed by atoms with E-state index in [1.54, 1.807) is 68.4 Å². The van der Waals surface area contributed by atoms with Gasteiger partial charge in [0.25, 0.3) is 5.91 Å². The lowest BCUT2D eigenvalue weighted by Gasteiger charge is -2.21. The molecule has 2 rings (SSSR count). The van der Waals surface area contributed by atoms with Gasteiger partial charge in [0.15, 0.2) is 6.10 Å². The Bertz CT molecular complexity index is 780. The molecule has 0 spiro atoms. The largest absolute Gasteiger partial charge is 0.479 e. The first-order valence-corrected chi connectivity index (χ1v) is 9.11. The van der Waals surface area contributed by atoms with E-state index >= 15 is 0 Å². The fraction of sp³-hybridized carbons (Fsp3) is 0.286. The highest BCUT2D eigenvalue weighted by Gasteiger charge is 2.30. The van der Waals surface area contributed by atoms with Gasteiger partial charge in [-0.2, -0.15) is 0 Å². The summed E-state index contributed by atoms with van der Waals surface area (Å²) < 4.78 is 11.1. The van der Waals surface area contributed by atoms with Gasteiger partial charge in [0, 0.05) is 12.1 Å². The fourth-order valence-electron chi connectivity index (χ4n) is 2.44. The Labute approximate surface area is 164 Å². The van der Waals surface area contributed by atoms with Crippen LogP contribution in [0, 0.1) is 0 Å². The van der Waals surface area contributed by atoms with E-state index in [0.29, 0.717) is 24.3 Å². The van der Waals surface area contributed by atoms with Crippen LogP contribution in [0.2, 0.25) is 0 Å². The zero-order chi connectivity index (χ0) is 20.4. The normalized spacial score (nSPS) is 12.4. The molecule has 148 valence electrons. The lowest BCUT2D eigenvalue weighted by molar-refractivity contribution is -0.163. The summed E-state index contributed by atoms with van der Waals surface area (Å²) in [4.78, 5) is 36.9. The smallest absolute Gasteiger partial charge is 0.348 e. The van der Waals surface area contributed by atoms with Crippen LogP contribution < -0.4 is 15.4 Å². The highest BCUT2D eigenvalue weighted by Crippen LogP contribution is 2.20. The maximum Gasteiger partial charge on any atom is 0.348 e. The first kappa shape index (κ1) is 21.0. The standard InChI is InChI=1S/C21H24N2O5/c1-3-17(27-16-13-9-6-10-14-16)20(25)28-18(15-11-7-5-8-12-15)19(24)23-21(26)22-4-2/h5-14,17-18H,3-4H2,1-2H3,(H2,22,23,24,26)/t17-,18-/m0/s1. The number of ether oxygens (including phenoxy) is 2. The number of rotatable bonds is 8. The third kappa shape index (κ3) is 6.12. The maximum absolute atomic E-state index is 12.7. The summed E-state index contributed by atoms with van der Waals surface area (Å²) >= 11 is 0. The summed E-state index contributed by atoms with van der Waals surface area (Å²) in [5.74, 6) is -0.902. The zero-order valence-electron chi connectivity index (χ0n) is 15.9. The first-order valence-electron chi connectivity index (χ1n) is 9.11. The highest BCUT2D eigenvalue weighted by atomic mass is 16.6. The predicted octanol–water partition coefficient (Wildman–Crippen LogP) is 2.97. The van der Waals surface area contributed by atoms with E-state index in [4.69, 9.17) is 9.47 Å². The number of amides is 3. The summed E-state index contributed by atoms with van der Waals surface area (Å²) in [5, 5.41) is 4.65. The van der Waals surface area contributed by atoms with Gasteiger partial charge in [-0.15, -0.1) is 0 Å². The number of esters is 1. The van der Waals surface area contributed by atoms with Crippen LogP contribution in [0.3, 0.4) is 0 Å². The van der Waals surface area contributed by atoms with E-state index < -0.39 is 30.1 Å². The summed E-state index contributed by atoms with van der Waals surface area (Å²) in [7, 11) is 0. The molecule has 7 heteroatoms. The van der Waals surface area contributed by atoms with Crippen LogP contribution in [0.25, 0.3) is 0 Å². The van der Waals surface area contributed by atoms with Gasteiger partial charge in [-0.05, 0) is 25.5 Å². The number of imide groups is 1. The monoisotopic (exact) mass is 384 g/mol. The second-order valence-electron chi connectivity index (χ2n) is 5.90. The fourth-order valence-corrected chi connectivity index (χ4v) is 2.44. The molecule has 2 N–H and O–H groups in total. The van der Waals surface area contributed by atoms with Gasteiger partial charge >= 0.3 is 12.0 Å². The number of hydrogen-bond donors (Lipinski definition) is 2. The van der Waals surface area contributed by atoms with E-state index in [1.165, 1.54) is 0 Å². The van der Waals surface area contributed by atoms with Gasteiger partial charge in [-0.25, -0.2) is 9.59 Å². The van der Waals surface area contributed by atoms with Gasteiger partial charge in [0.05, 0.1) is 0 Å². The van der Waals surface area contributed by atoms with E-state index in [1.807, 2.05) is 6.07 Å². The molecular formula is C21H24N2O5. The van der Waals surface area contributed by atoms with Crippen molar-refractivity contribution in [1.82, 2.24) is 10.6 Å². The Morgan fingerprint density at radius 1 is 0.929 bits per heavy atom. The van der Waals surface area contributed by atoms with E-state index in [2.05, 4.69) is 10.6 Å². The van der Waals surface area contributed by atoms with Gasteiger partial charge in [0.1, 0.15) is 5.75 Å². The summed E-state index contributed by atoms with van der Waals surface area (Å²) in [6.07, 6.45) is -1.80. The first-order chi connectivity index (χ1) is 13.5. The minimum absolute atomic E-state index is 0.354. The van der Waals surface area contributed by atoms with Crippen LogP contribution in [-0.4, -0.2) is 30.6 Å².